The summed E-state index contributed by atoms with van der Waals surface area (Å²) >= 11 is 1.64. The van der Waals surface area contributed by atoms with Crippen LogP contribution in [0.4, 0.5) is 5.13 Å². The van der Waals surface area contributed by atoms with Gasteiger partial charge in [0.2, 0.25) is 5.91 Å². The highest BCUT2D eigenvalue weighted by Gasteiger charge is 2.20. The molecule has 2 heterocycles. The number of carbonyl (C=O) groups is 1. The summed E-state index contributed by atoms with van der Waals surface area (Å²) in [5, 5.41) is 10.5. The van der Waals surface area contributed by atoms with Crippen LogP contribution in [0.1, 0.15) is 12.8 Å². The fraction of sp³-hybridized carbons (Fsp3) is 0.467. The molecule has 0 bridgehead atoms. The molecule has 0 saturated carbocycles. The van der Waals surface area contributed by atoms with Gasteiger partial charge in [0.05, 0.1) is 10.2 Å². The lowest BCUT2D eigenvalue weighted by Gasteiger charge is -2.21. The molecule has 1 amide bonds. The van der Waals surface area contributed by atoms with Crippen LogP contribution in [0.15, 0.2) is 24.3 Å². The zero-order valence-corrected chi connectivity index (χ0v) is 13.9. The van der Waals surface area contributed by atoms with Crippen LogP contribution in [-0.4, -0.2) is 37.1 Å². The summed E-state index contributed by atoms with van der Waals surface area (Å²) < 4.78 is 1.18. The largest absolute Gasteiger partial charge is 0.360 e. The van der Waals surface area contributed by atoms with E-state index in [1.165, 1.54) is 4.70 Å². The number of nitrogens with zero attached hydrogens (tertiary/aromatic N) is 1. The fourth-order valence-corrected chi connectivity index (χ4v) is 3.42. The van der Waals surface area contributed by atoms with Gasteiger partial charge in [0, 0.05) is 19.0 Å². The van der Waals surface area contributed by atoms with Crippen molar-refractivity contribution in [3.63, 3.8) is 0 Å². The number of thiazole rings is 1. The van der Waals surface area contributed by atoms with E-state index in [-0.39, 0.29) is 24.2 Å². The number of para-hydroxylation sites is 1. The van der Waals surface area contributed by atoms with Crippen molar-refractivity contribution in [2.24, 2.45) is 5.92 Å². The minimum atomic E-state index is 0. The van der Waals surface area contributed by atoms with Crippen LogP contribution in [0.2, 0.25) is 0 Å². The standard InChI is InChI=1S/C15H20N4OS.ClH/c20-14(11-5-7-16-8-6-11)17-9-10-18-15-19-12-3-1-2-4-13(12)21-15;/h1-4,11,16H,5-10H2,(H,17,20)(H,18,19);1H. The highest BCUT2D eigenvalue weighted by Crippen LogP contribution is 2.24. The molecule has 5 nitrogen and oxygen atoms in total. The van der Waals surface area contributed by atoms with Crippen LogP contribution in [0.3, 0.4) is 0 Å². The first kappa shape index (κ1) is 17.0. The Bertz CT molecular complexity index is 579. The van der Waals surface area contributed by atoms with E-state index in [4.69, 9.17) is 0 Å². The maximum Gasteiger partial charge on any atom is 0.223 e. The minimum absolute atomic E-state index is 0. The van der Waals surface area contributed by atoms with Gasteiger partial charge in [0.25, 0.3) is 0 Å². The summed E-state index contributed by atoms with van der Waals surface area (Å²) in [4.78, 5) is 16.5. The Labute approximate surface area is 140 Å². The molecular weight excluding hydrogens is 320 g/mol. The molecule has 0 aliphatic carbocycles. The van der Waals surface area contributed by atoms with Crippen LogP contribution in [-0.2, 0) is 4.79 Å². The zero-order valence-electron chi connectivity index (χ0n) is 12.3. The fourth-order valence-electron chi connectivity index (χ4n) is 2.53. The van der Waals surface area contributed by atoms with E-state index in [0.717, 1.165) is 36.6 Å². The Morgan fingerprint density at radius 1 is 1.27 bits per heavy atom. The summed E-state index contributed by atoms with van der Waals surface area (Å²) in [6.07, 6.45) is 1.88. The third-order valence-corrected chi connectivity index (χ3v) is 4.70. The monoisotopic (exact) mass is 340 g/mol. The quantitative estimate of drug-likeness (QED) is 0.730. The average molecular weight is 341 g/mol. The minimum Gasteiger partial charge on any atom is -0.360 e. The van der Waals surface area contributed by atoms with Gasteiger partial charge in [-0.05, 0) is 38.1 Å². The first-order valence-corrected chi connectivity index (χ1v) is 8.22. The van der Waals surface area contributed by atoms with E-state index in [0.29, 0.717) is 13.1 Å². The number of carbonyl (C=O) groups excluding carboxylic acids is 1. The van der Waals surface area contributed by atoms with Crippen molar-refractivity contribution in [2.75, 3.05) is 31.5 Å². The number of hydrogen-bond acceptors (Lipinski definition) is 5. The Morgan fingerprint density at radius 3 is 2.82 bits per heavy atom. The molecule has 1 fully saturated rings. The van der Waals surface area contributed by atoms with Crippen molar-refractivity contribution in [1.82, 2.24) is 15.6 Å². The van der Waals surface area contributed by atoms with Crippen molar-refractivity contribution >= 4 is 45.0 Å². The van der Waals surface area contributed by atoms with Gasteiger partial charge in [-0.2, -0.15) is 0 Å². The molecule has 0 spiro atoms. The highest BCUT2D eigenvalue weighted by molar-refractivity contribution is 7.22. The lowest BCUT2D eigenvalue weighted by Crippen LogP contribution is -2.39. The normalized spacial score (nSPS) is 15.3. The van der Waals surface area contributed by atoms with Crippen molar-refractivity contribution in [2.45, 2.75) is 12.8 Å². The molecule has 0 radical (unpaired) electrons. The van der Waals surface area contributed by atoms with E-state index in [1.54, 1.807) is 11.3 Å². The predicted octanol–water partition coefficient (Wildman–Crippen LogP) is 2.25. The molecular formula is C15H21ClN4OS. The molecule has 1 aliphatic heterocycles. The topological polar surface area (TPSA) is 66.0 Å². The molecule has 1 aromatic heterocycles. The summed E-state index contributed by atoms with van der Waals surface area (Å²) in [6.45, 7) is 3.24. The second-order valence-electron chi connectivity index (χ2n) is 5.23. The SMILES string of the molecule is Cl.O=C(NCCNc1nc2ccccc2s1)C1CCNCC1. The molecule has 7 heteroatoms. The number of hydrogen-bond donors (Lipinski definition) is 3. The summed E-state index contributed by atoms with van der Waals surface area (Å²) in [7, 11) is 0. The smallest absolute Gasteiger partial charge is 0.223 e. The van der Waals surface area contributed by atoms with Gasteiger partial charge in [-0.3, -0.25) is 4.79 Å². The molecule has 1 aliphatic rings. The lowest BCUT2D eigenvalue weighted by molar-refractivity contribution is -0.125. The molecule has 2 aromatic rings. The Kier molecular flexibility index (Phi) is 6.42. The molecule has 3 N–H and O–H groups in total. The number of aromatic nitrogens is 1. The van der Waals surface area contributed by atoms with E-state index >= 15 is 0 Å². The second kappa shape index (κ2) is 8.31. The Balaban J connectivity index is 0.00000176. The molecule has 1 saturated heterocycles. The number of anilines is 1. The van der Waals surface area contributed by atoms with Gasteiger partial charge in [-0.1, -0.05) is 23.5 Å². The van der Waals surface area contributed by atoms with Gasteiger partial charge in [-0.25, -0.2) is 4.98 Å². The van der Waals surface area contributed by atoms with Gasteiger partial charge >= 0.3 is 0 Å². The molecule has 3 rings (SSSR count). The van der Waals surface area contributed by atoms with Gasteiger partial charge in [-0.15, -0.1) is 12.4 Å². The molecule has 22 heavy (non-hydrogen) atoms. The second-order valence-corrected chi connectivity index (χ2v) is 6.26. The molecule has 120 valence electrons. The maximum absolute atomic E-state index is 12.0. The first-order chi connectivity index (χ1) is 10.3. The number of nitrogens with one attached hydrogen (secondary N) is 3. The number of rotatable bonds is 5. The first-order valence-electron chi connectivity index (χ1n) is 7.41. The summed E-state index contributed by atoms with van der Waals surface area (Å²) in [5.74, 6) is 0.358. The number of fused-ring (bicyclic) bond motifs is 1. The van der Waals surface area contributed by atoms with Crippen LogP contribution >= 0.6 is 23.7 Å². The summed E-state index contributed by atoms with van der Waals surface area (Å²) in [5.41, 5.74) is 1.02. The molecule has 0 atom stereocenters. The van der Waals surface area contributed by atoms with E-state index in [9.17, 15) is 4.79 Å². The van der Waals surface area contributed by atoms with Crippen LogP contribution < -0.4 is 16.0 Å². The van der Waals surface area contributed by atoms with Gasteiger partial charge in [0.15, 0.2) is 5.13 Å². The zero-order chi connectivity index (χ0) is 14.5. The predicted molar refractivity (Wildman–Crippen MR) is 94.0 cm³/mol. The van der Waals surface area contributed by atoms with Crippen molar-refractivity contribution in [3.05, 3.63) is 24.3 Å². The number of piperidine rings is 1. The number of halogens is 1. The van der Waals surface area contributed by atoms with Gasteiger partial charge < -0.3 is 16.0 Å². The third-order valence-electron chi connectivity index (χ3n) is 3.70. The van der Waals surface area contributed by atoms with Crippen molar-refractivity contribution in [1.29, 1.82) is 0 Å². The Morgan fingerprint density at radius 2 is 2.05 bits per heavy atom. The van der Waals surface area contributed by atoms with E-state index in [1.807, 2.05) is 18.2 Å². The lowest BCUT2D eigenvalue weighted by atomic mass is 9.97. The van der Waals surface area contributed by atoms with E-state index < -0.39 is 0 Å². The number of benzene rings is 1. The van der Waals surface area contributed by atoms with Crippen LogP contribution in [0.25, 0.3) is 10.2 Å². The van der Waals surface area contributed by atoms with Crippen molar-refractivity contribution < 1.29 is 4.79 Å². The highest BCUT2D eigenvalue weighted by atomic mass is 35.5. The summed E-state index contributed by atoms with van der Waals surface area (Å²) in [6, 6.07) is 8.08. The van der Waals surface area contributed by atoms with Crippen molar-refractivity contribution in [3.8, 4) is 0 Å². The van der Waals surface area contributed by atoms with Crippen LogP contribution in [0.5, 0.6) is 0 Å². The third kappa shape index (κ3) is 4.32. The maximum atomic E-state index is 12.0. The van der Waals surface area contributed by atoms with Gasteiger partial charge in [0.1, 0.15) is 0 Å². The van der Waals surface area contributed by atoms with Crippen LogP contribution in [0, 0.1) is 5.92 Å². The van der Waals surface area contributed by atoms with E-state index in [2.05, 4.69) is 27.0 Å². The average Bonchev–Trinajstić information content (AvgIpc) is 2.95. The molecule has 0 unspecified atom stereocenters. The Hall–Kier alpha value is -1.37. The number of amides is 1. The molecule has 1 aromatic carbocycles.